The fourth-order valence-corrected chi connectivity index (χ4v) is 5.66. The van der Waals surface area contributed by atoms with Gasteiger partial charge in [-0.05, 0) is 52.0 Å². The third-order valence-electron chi connectivity index (χ3n) is 7.31. The normalized spacial score (nSPS) is 18.1. The number of carbonyl (C=O) groups is 3. The standard InChI is InChI=1S/C25H38N2O4/c1-5-26-18(3)22(17(2)23(26)25(30)31-4)21(28)16-27(20-14-10-7-11-15-20)24(29)19-12-8-6-9-13-19/h19-20H,5-16H2,1-4H3. The van der Waals surface area contributed by atoms with Gasteiger partial charge in [0.1, 0.15) is 5.69 Å². The average Bonchev–Trinajstić information content (AvgIpc) is 3.06. The summed E-state index contributed by atoms with van der Waals surface area (Å²) in [4.78, 5) is 41.3. The highest BCUT2D eigenvalue weighted by molar-refractivity contribution is 6.04. The van der Waals surface area contributed by atoms with Crippen molar-refractivity contribution in [1.29, 1.82) is 0 Å². The second-order valence-electron chi connectivity index (χ2n) is 9.19. The number of hydrogen-bond acceptors (Lipinski definition) is 4. The average molecular weight is 431 g/mol. The smallest absolute Gasteiger partial charge is 0.354 e. The van der Waals surface area contributed by atoms with Crippen LogP contribution < -0.4 is 0 Å². The monoisotopic (exact) mass is 430 g/mol. The molecule has 2 fully saturated rings. The molecule has 0 radical (unpaired) electrons. The summed E-state index contributed by atoms with van der Waals surface area (Å²) < 4.78 is 6.82. The van der Waals surface area contributed by atoms with Crippen molar-refractivity contribution >= 4 is 17.7 Å². The maximum atomic E-state index is 13.6. The molecule has 2 saturated carbocycles. The quantitative estimate of drug-likeness (QED) is 0.459. The van der Waals surface area contributed by atoms with Gasteiger partial charge in [0.2, 0.25) is 5.91 Å². The summed E-state index contributed by atoms with van der Waals surface area (Å²) in [6, 6.07) is 0.154. The number of amides is 1. The Bertz CT molecular complexity index is 814. The fraction of sp³-hybridized carbons (Fsp3) is 0.720. The van der Waals surface area contributed by atoms with Crippen LogP contribution in [0.15, 0.2) is 0 Å². The Kier molecular flexibility index (Phi) is 7.95. The van der Waals surface area contributed by atoms with Gasteiger partial charge in [0.15, 0.2) is 5.78 Å². The van der Waals surface area contributed by atoms with Gasteiger partial charge in [0.05, 0.1) is 13.7 Å². The Morgan fingerprint density at radius 3 is 2.10 bits per heavy atom. The summed E-state index contributed by atoms with van der Waals surface area (Å²) in [5.74, 6) is -0.277. The van der Waals surface area contributed by atoms with Crippen molar-refractivity contribution in [2.75, 3.05) is 13.7 Å². The highest BCUT2D eigenvalue weighted by Crippen LogP contribution is 2.31. The number of ketones is 1. The molecule has 1 aromatic rings. The number of esters is 1. The van der Waals surface area contributed by atoms with Crippen molar-refractivity contribution in [3.63, 3.8) is 0 Å². The summed E-state index contributed by atoms with van der Waals surface area (Å²) in [5, 5.41) is 0. The Labute approximate surface area is 186 Å². The zero-order valence-electron chi connectivity index (χ0n) is 19.7. The molecule has 0 unspecified atom stereocenters. The molecule has 0 bridgehead atoms. The second kappa shape index (κ2) is 10.5. The zero-order valence-corrected chi connectivity index (χ0v) is 19.7. The van der Waals surface area contributed by atoms with Crippen molar-refractivity contribution in [1.82, 2.24) is 9.47 Å². The molecule has 31 heavy (non-hydrogen) atoms. The fourth-order valence-electron chi connectivity index (χ4n) is 5.66. The van der Waals surface area contributed by atoms with Gasteiger partial charge in [-0.3, -0.25) is 9.59 Å². The highest BCUT2D eigenvalue weighted by Gasteiger charge is 2.34. The first-order valence-electron chi connectivity index (χ1n) is 12.0. The minimum absolute atomic E-state index is 0.0524. The molecule has 3 rings (SSSR count). The molecule has 2 aliphatic rings. The number of ether oxygens (including phenoxy) is 1. The lowest BCUT2D eigenvalue weighted by Gasteiger charge is -2.37. The lowest BCUT2D eigenvalue weighted by atomic mass is 9.86. The number of hydrogen-bond donors (Lipinski definition) is 0. The zero-order chi connectivity index (χ0) is 22.5. The molecule has 6 heteroatoms. The topological polar surface area (TPSA) is 68.6 Å². The molecule has 172 valence electrons. The number of rotatable bonds is 7. The first-order chi connectivity index (χ1) is 14.9. The molecule has 6 nitrogen and oxygen atoms in total. The maximum absolute atomic E-state index is 13.6. The number of nitrogens with zero attached hydrogens (tertiary/aromatic N) is 2. The van der Waals surface area contributed by atoms with Gasteiger partial charge in [-0.25, -0.2) is 4.79 Å². The molecular weight excluding hydrogens is 392 g/mol. The van der Waals surface area contributed by atoms with Crippen LogP contribution in [-0.4, -0.2) is 46.8 Å². The summed E-state index contributed by atoms with van der Waals surface area (Å²) in [7, 11) is 1.36. The van der Waals surface area contributed by atoms with Crippen LogP contribution in [0.2, 0.25) is 0 Å². The largest absolute Gasteiger partial charge is 0.464 e. The third kappa shape index (κ3) is 4.88. The molecule has 0 aromatic carbocycles. The van der Waals surface area contributed by atoms with Crippen LogP contribution in [0.3, 0.4) is 0 Å². The Hall–Kier alpha value is -2.11. The molecule has 2 aliphatic carbocycles. The van der Waals surface area contributed by atoms with E-state index in [9.17, 15) is 14.4 Å². The van der Waals surface area contributed by atoms with Crippen molar-refractivity contribution < 1.29 is 19.1 Å². The minimum Gasteiger partial charge on any atom is -0.464 e. The van der Waals surface area contributed by atoms with Crippen LogP contribution in [0.1, 0.15) is 103 Å². The molecule has 0 atom stereocenters. The SMILES string of the molecule is CCn1c(C)c(C(=O)CN(C(=O)C2CCCCC2)C2CCCCC2)c(C)c1C(=O)OC. The molecule has 0 N–H and O–H groups in total. The van der Waals surface area contributed by atoms with E-state index in [4.69, 9.17) is 4.74 Å². The molecule has 0 aliphatic heterocycles. The number of Topliss-reactive ketones (excluding diaryl/α,β-unsaturated/α-hetero) is 1. The van der Waals surface area contributed by atoms with Crippen LogP contribution in [0.5, 0.6) is 0 Å². The van der Waals surface area contributed by atoms with E-state index in [2.05, 4.69) is 0 Å². The summed E-state index contributed by atoms with van der Waals surface area (Å²) in [5.41, 5.74) is 2.44. The second-order valence-corrected chi connectivity index (χ2v) is 9.19. The first kappa shape index (κ1) is 23.6. The summed E-state index contributed by atoms with van der Waals surface area (Å²) >= 11 is 0. The Morgan fingerprint density at radius 1 is 0.968 bits per heavy atom. The van der Waals surface area contributed by atoms with Gasteiger partial charge in [0.25, 0.3) is 0 Å². The van der Waals surface area contributed by atoms with Gasteiger partial charge in [0, 0.05) is 29.8 Å². The van der Waals surface area contributed by atoms with E-state index in [1.165, 1.54) is 20.0 Å². The number of methoxy groups -OCH3 is 1. The molecular formula is C25H38N2O4. The highest BCUT2D eigenvalue weighted by atomic mass is 16.5. The van der Waals surface area contributed by atoms with Crippen molar-refractivity contribution in [3.8, 4) is 0 Å². The van der Waals surface area contributed by atoms with E-state index in [0.717, 1.165) is 57.1 Å². The Morgan fingerprint density at radius 2 is 1.55 bits per heavy atom. The maximum Gasteiger partial charge on any atom is 0.354 e. The van der Waals surface area contributed by atoms with Crippen LogP contribution >= 0.6 is 0 Å². The lowest BCUT2D eigenvalue weighted by molar-refractivity contribution is -0.139. The van der Waals surface area contributed by atoms with Crippen LogP contribution in [0, 0.1) is 19.8 Å². The third-order valence-corrected chi connectivity index (χ3v) is 7.31. The van der Waals surface area contributed by atoms with Gasteiger partial charge in [-0.15, -0.1) is 0 Å². The van der Waals surface area contributed by atoms with Crippen molar-refractivity contribution in [3.05, 3.63) is 22.5 Å². The van der Waals surface area contributed by atoms with Crippen molar-refractivity contribution in [2.24, 2.45) is 5.92 Å². The van der Waals surface area contributed by atoms with Gasteiger partial charge in [-0.1, -0.05) is 38.5 Å². The van der Waals surface area contributed by atoms with E-state index in [-0.39, 0.29) is 30.2 Å². The lowest BCUT2D eigenvalue weighted by Crippen LogP contribution is -2.47. The molecule has 1 heterocycles. The van der Waals surface area contributed by atoms with Crippen LogP contribution in [-0.2, 0) is 16.1 Å². The van der Waals surface area contributed by atoms with E-state index >= 15 is 0 Å². The van der Waals surface area contributed by atoms with E-state index in [1.807, 2.05) is 30.2 Å². The Balaban J connectivity index is 1.90. The minimum atomic E-state index is -0.427. The molecule has 0 spiro atoms. The summed E-state index contributed by atoms with van der Waals surface area (Å²) in [6.45, 7) is 6.33. The van der Waals surface area contributed by atoms with Crippen LogP contribution in [0.4, 0.5) is 0 Å². The van der Waals surface area contributed by atoms with Crippen molar-refractivity contribution in [2.45, 2.75) is 97.6 Å². The number of carbonyl (C=O) groups excluding carboxylic acids is 3. The summed E-state index contributed by atoms with van der Waals surface area (Å²) in [6.07, 6.45) is 10.7. The molecule has 1 aromatic heterocycles. The van der Waals surface area contributed by atoms with Gasteiger partial charge < -0.3 is 14.2 Å². The molecule has 0 saturated heterocycles. The predicted molar refractivity (Wildman–Crippen MR) is 120 cm³/mol. The number of aromatic nitrogens is 1. The van der Waals surface area contributed by atoms with E-state index in [0.29, 0.717) is 23.4 Å². The van der Waals surface area contributed by atoms with E-state index < -0.39 is 5.97 Å². The van der Waals surface area contributed by atoms with Gasteiger partial charge >= 0.3 is 5.97 Å². The molecule has 1 amide bonds. The predicted octanol–water partition coefficient (Wildman–Crippen LogP) is 4.84. The van der Waals surface area contributed by atoms with Gasteiger partial charge in [-0.2, -0.15) is 0 Å². The first-order valence-corrected chi connectivity index (χ1v) is 12.0. The van der Waals surface area contributed by atoms with Crippen LogP contribution in [0.25, 0.3) is 0 Å². The van der Waals surface area contributed by atoms with E-state index in [1.54, 1.807) is 0 Å².